The highest BCUT2D eigenvalue weighted by atomic mass is 32.2. The van der Waals surface area contributed by atoms with E-state index in [1.54, 1.807) is 11.8 Å². The Morgan fingerprint density at radius 2 is 2.25 bits per heavy atom. The Labute approximate surface area is 75.1 Å². The third kappa shape index (κ3) is 1.04. The third-order valence-electron chi connectivity index (χ3n) is 2.30. The zero-order valence-corrected chi connectivity index (χ0v) is 7.81. The van der Waals surface area contributed by atoms with Crippen LogP contribution < -0.4 is 10.6 Å². The summed E-state index contributed by atoms with van der Waals surface area (Å²) in [6, 6.07) is -0.196. The quantitative estimate of drug-likeness (QED) is 0.437. The first kappa shape index (κ1) is 8.34. The minimum Gasteiger partial charge on any atom is -0.377 e. The number of nitrogens with one attached hydrogen (secondary N) is 2. The van der Waals surface area contributed by atoms with Crippen molar-refractivity contribution in [1.82, 2.24) is 10.6 Å². The highest BCUT2D eigenvalue weighted by Gasteiger charge is 2.50. The van der Waals surface area contributed by atoms with Gasteiger partial charge >= 0.3 is 0 Å². The minimum absolute atomic E-state index is 0.0120. The van der Waals surface area contributed by atoms with Gasteiger partial charge < -0.3 is 10.4 Å². The van der Waals surface area contributed by atoms with Crippen LogP contribution in [0.4, 0.5) is 0 Å². The molecule has 68 valence electrons. The lowest BCUT2D eigenvalue weighted by molar-refractivity contribution is -0.131. The first-order chi connectivity index (χ1) is 5.50. The van der Waals surface area contributed by atoms with E-state index in [1.807, 2.05) is 13.8 Å². The van der Waals surface area contributed by atoms with E-state index < -0.39 is 6.23 Å². The monoisotopic (exact) mass is 188 g/mol. The average Bonchev–Trinajstić information content (AvgIpc) is 1.96. The van der Waals surface area contributed by atoms with Gasteiger partial charge in [-0.05, 0) is 13.8 Å². The Bertz CT molecular complexity index is 231. The van der Waals surface area contributed by atoms with E-state index in [2.05, 4.69) is 10.6 Å². The molecule has 0 aromatic carbocycles. The zero-order chi connectivity index (χ0) is 8.93. The predicted molar refractivity (Wildman–Crippen MR) is 46.5 cm³/mol. The van der Waals surface area contributed by atoms with Gasteiger partial charge in [0.05, 0.1) is 10.1 Å². The van der Waals surface area contributed by atoms with Crippen LogP contribution in [0.1, 0.15) is 13.8 Å². The molecule has 0 spiro atoms. The maximum Gasteiger partial charge on any atom is 0.241 e. The van der Waals surface area contributed by atoms with Gasteiger partial charge in [0.15, 0.2) is 0 Å². The van der Waals surface area contributed by atoms with E-state index in [0.29, 0.717) is 0 Å². The Morgan fingerprint density at radius 1 is 1.58 bits per heavy atom. The van der Waals surface area contributed by atoms with Crippen LogP contribution in [-0.2, 0) is 4.79 Å². The van der Waals surface area contributed by atoms with Crippen LogP contribution in [0.3, 0.4) is 0 Å². The van der Waals surface area contributed by atoms with Crippen LogP contribution >= 0.6 is 11.8 Å². The van der Waals surface area contributed by atoms with Crippen molar-refractivity contribution in [2.24, 2.45) is 0 Å². The number of thioether (sulfide) groups is 1. The van der Waals surface area contributed by atoms with E-state index in [9.17, 15) is 9.90 Å². The Kier molecular flexibility index (Phi) is 1.65. The lowest BCUT2D eigenvalue weighted by Gasteiger charge is -2.49. The van der Waals surface area contributed by atoms with Crippen LogP contribution in [-0.4, -0.2) is 33.4 Å². The molecule has 2 aliphatic heterocycles. The molecule has 3 N–H and O–H groups in total. The number of fused-ring (bicyclic) bond motifs is 1. The molecule has 1 amide bonds. The molecule has 0 saturated carbocycles. The van der Waals surface area contributed by atoms with Gasteiger partial charge in [-0.2, -0.15) is 0 Å². The molecule has 2 rings (SSSR count). The standard InChI is InChI=1S/C7H12N2O2S/c1-7(2)6(11)8-3-4(10)9-5(3)12-7/h3,5-6,8,11H,1-2H3,(H,9,10)/t3-,5-,6?/m0/s1. The van der Waals surface area contributed by atoms with Crippen molar-refractivity contribution in [1.29, 1.82) is 0 Å². The third-order valence-corrected chi connectivity index (χ3v) is 3.77. The number of aliphatic hydroxyl groups excluding tert-OH is 1. The summed E-state index contributed by atoms with van der Waals surface area (Å²) in [4.78, 5) is 10.9. The number of amides is 1. The molecule has 12 heavy (non-hydrogen) atoms. The normalized spacial score (nSPS) is 44.2. The van der Waals surface area contributed by atoms with Crippen LogP contribution in [0.5, 0.6) is 0 Å². The number of carbonyl (C=O) groups is 1. The summed E-state index contributed by atoms with van der Waals surface area (Å²) >= 11 is 1.61. The molecule has 0 bridgehead atoms. The second-order valence-corrected chi connectivity index (χ2v) is 5.49. The summed E-state index contributed by atoms with van der Waals surface area (Å²) < 4.78 is -0.227. The zero-order valence-electron chi connectivity index (χ0n) is 7.00. The van der Waals surface area contributed by atoms with Crippen molar-refractivity contribution in [2.75, 3.05) is 0 Å². The van der Waals surface area contributed by atoms with Crippen LogP contribution in [0.2, 0.25) is 0 Å². The van der Waals surface area contributed by atoms with Crippen LogP contribution in [0.15, 0.2) is 0 Å². The molecule has 4 nitrogen and oxygen atoms in total. The molecule has 0 aliphatic carbocycles. The first-order valence-electron chi connectivity index (χ1n) is 3.93. The number of β-lactam (4-membered cyclic amide) rings is 1. The molecule has 2 saturated heterocycles. The maximum absolute atomic E-state index is 10.9. The lowest BCUT2D eigenvalue weighted by atomic mass is 10.1. The molecule has 1 unspecified atom stereocenters. The van der Waals surface area contributed by atoms with Crippen molar-refractivity contribution >= 4 is 17.7 Å². The van der Waals surface area contributed by atoms with Crippen LogP contribution in [0.25, 0.3) is 0 Å². The highest BCUT2D eigenvalue weighted by Crippen LogP contribution is 2.38. The van der Waals surface area contributed by atoms with Crippen molar-refractivity contribution < 1.29 is 9.90 Å². The molecule has 0 aromatic rings. The van der Waals surface area contributed by atoms with Gasteiger partial charge in [-0.25, -0.2) is 0 Å². The Balaban J connectivity index is 2.10. The fourth-order valence-corrected chi connectivity index (χ4v) is 2.74. The van der Waals surface area contributed by atoms with E-state index in [1.165, 1.54) is 0 Å². The lowest BCUT2D eigenvalue weighted by Crippen LogP contribution is -2.74. The van der Waals surface area contributed by atoms with Gasteiger partial charge in [0.1, 0.15) is 12.3 Å². The summed E-state index contributed by atoms with van der Waals surface area (Å²) in [5.41, 5.74) is 0. The SMILES string of the molecule is CC1(C)S[C@@H]2NC(=O)[C@@H]2NC1O. The molecule has 0 radical (unpaired) electrons. The largest absolute Gasteiger partial charge is 0.377 e. The molecule has 0 aromatic heterocycles. The Hall–Kier alpha value is -0.260. The van der Waals surface area contributed by atoms with E-state index in [0.717, 1.165) is 0 Å². The van der Waals surface area contributed by atoms with Gasteiger partial charge in [-0.15, -0.1) is 11.8 Å². The summed E-state index contributed by atoms with van der Waals surface area (Å²) in [5, 5.41) is 15.3. The summed E-state index contributed by atoms with van der Waals surface area (Å²) in [7, 11) is 0. The molecular weight excluding hydrogens is 176 g/mol. The van der Waals surface area contributed by atoms with Gasteiger partial charge in [0, 0.05) is 0 Å². The van der Waals surface area contributed by atoms with Gasteiger partial charge in [-0.3, -0.25) is 10.1 Å². The van der Waals surface area contributed by atoms with Crippen molar-refractivity contribution in [2.45, 2.75) is 36.2 Å². The van der Waals surface area contributed by atoms with Gasteiger partial charge in [-0.1, -0.05) is 0 Å². The second-order valence-electron chi connectivity index (χ2n) is 3.70. The van der Waals surface area contributed by atoms with E-state index in [4.69, 9.17) is 0 Å². The Morgan fingerprint density at radius 3 is 2.83 bits per heavy atom. The molecular formula is C7H12N2O2S. The molecule has 2 heterocycles. The maximum atomic E-state index is 10.9. The highest BCUT2D eigenvalue weighted by molar-refractivity contribution is 8.01. The molecule has 3 atom stereocenters. The second kappa shape index (κ2) is 2.37. The molecule has 2 aliphatic rings. The number of carbonyl (C=O) groups excluding carboxylic acids is 1. The van der Waals surface area contributed by atoms with Crippen molar-refractivity contribution in [3.63, 3.8) is 0 Å². The minimum atomic E-state index is -0.602. The first-order valence-corrected chi connectivity index (χ1v) is 4.81. The van der Waals surface area contributed by atoms with Gasteiger partial charge in [0.2, 0.25) is 5.91 Å². The summed E-state index contributed by atoms with van der Waals surface area (Å²) in [5.74, 6) is -0.0120. The summed E-state index contributed by atoms with van der Waals surface area (Å²) in [6.07, 6.45) is -0.602. The van der Waals surface area contributed by atoms with Crippen molar-refractivity contribution in [3.05, 3.63) is 0 Å². The van der Waals surface area contributed by atoms with Crippen LogP contribution in [0, 0.1) is 0 Å². The summed E-state index contributed by atoms with van der Waals surface area (Å²) in [6.45, 7) is 3.91. The van der Waals surface area contributed by atoms with E-state index in [-0.39, 0.29) is 22.1 Å². The fraction of sp³-hybridized carbons (Fsp3) is 0.857. The molecule has 2 fully saturated rings. The number of hydrogen-bond acceptors (Lipinski definition) is 4. The fourth-order valence-electron chi connectivity index (χ4n) is 1.38. The number of rotatable bonds is 0. The molecule has 5 heteroatoms. The topological polar surface area (TPSA) is 61.4 Å². The van der Waals surface area contributed by atoms with E-state index >= 15 is 0 Å². The average molecular weight is 188 g/mol. The van der Waals surface area contributed by atoms with Crippen molar-refractivity contribution in [3.8, 4) is 0 Å². The number of hydrogen-bond donors (Lipinski definition) is 3. The smallest absolute Gasteiger partial charge is 0.241 e. The predicted octanol–water partition coefficient (Wildman–Crippen LogP) is -0.756. The number of aliphatic hydroxyl groups is 1. The van der Waals surface area contributed by atoms with Gasteiger partial charge in [0.25, 0.3) is 0 Å².